The van der Waals surface area contributed by atoms with Crippen molar-refractivity contribution < 1.29 is 38.5 Å². The Morgan fingerprint density at radius 2 is 1.54 bits per heavy atom. The minimum absolute atomic E-state index is 0.234. The zero-order valence-electron chi connectivity index (χ0n) is 13.6. The highest BCUT2D eigenvalue weighted by molar-refractivity contribution is 5.99. The van der Waals surface area contributed by atoms with Gasteiger partial charge in [0.1, 0.15) is 18.3 Å². The van der Waals surface area contributed by atoms with Crippen LogP contribution in [0.4, 0.5) is 0 Å². The topological polar surface area (TPSA) is 116 Å². The van der Waals surface area contributed by atoms with Crippen molar-refractivity contribution in [2.75, 3.05) is 0 Å². The zero-order chi connectivity index (χ0) is 18.3. The number of hydrogen-bond acceptors (Lipinski definition) is 8. The van der Waals surface area contributed by atoms with Crippen LogP contribution in [0.2, 0.25) is 0 Å². The fourth-order valence-electron chi connectivity index (χ4n) is 1.73. The Bertz CT molecular complexity index is 562. The van der Waals surface area contributed by atoms with Crippen LogP contribution in [0.25, 0.3) is 0 Å². The first-order valence-corrected chi connectivity index (χ1v) is 7.38. The summed E-state index contributed by atoms with van der Waals surface area (Å²) < 4.78 is 14.7. The number of esters is 3. The lowest BCUT2D eigenvalue weighted by atomic mass is 10.2. The van der Waals surface area contributed by atoms with Crippen LogP contribution in [-0.4, -0.2) is 53.2 Å². The molecule has 1 rings (SSSR count). The van der Waals surface area contributed by atoms with Gasteiger partial charge in [-0.05, 0) is 32.9 Å². The van der Waals surface area contributed by atoms with Crippen LogP contribution in [0, 0.1) is 0 Å². The molecule has 8 nitrogen and oxygen atoms in total. The molecular weight excluding hydrogens is 320 g/mol. The van der Waals surface area contributed by atoms with Gasteiger partial charge in [-0.2, -0.15) is 0 Å². The van der Waals surface area contributed by atoms with E-state index >= 15 is 0 Å². The molecular formula is C16H20O8. The fraction of sp³-hybridized carbons (Fsp3) is 0.500. The number of hydrogen-bond donors (Lipinski definition) is 1. The lowest BCUT2D eigenvalue weighted by Crippen LogP contribution is -2.28. The molecule has 24 heavy (non-hydrogen) atoms. The predicted molar refractivity (Wildman–Crippen MR) is 80.6 cm³/mol. The number of carbonyl (C=O) groups excluding carboxylic acids is 4. The Balaban J connectivity index is 2.93. The second kappa shape index (κ2) is 8.97. The second-order valence-electron chi connectivity index (χ2n) is 5.31. The average Bonchev–Trinajstić information content (AvgIpc) is 2.48. The Morgan fingerprint density at radius 1 is 0.917 bits per heavy atom. The Hall–Kier alpha value is -2.48. The van der Waals surface area contributed by atoms with Gasteiger partial charge in [-0.3, -0.25) is 9.59 Å². The van der Waals surface area contributed by atoms with Crippen molar-refractivity contribution >= 4 is 23.7 Å². The van der Waals surface area contributed by atoms with E-state index in [9.17, 15) is 24.3 Å². The van der Waals surface area contributed by atoms with Gasteiger partial charge in [-0.25, -0.2) is 9.59 Å². The first-order valence-electron chi connectivity index (χ1n) is 7.38. The molecule has 1 N–H and O–H groups in total. The average molecular weight is 340 g/mol. The van der Waals surface area contributed by atoms with E-state index in [0.29, 0.717) is 0 Å². The van der Waals surface area contributed by atoms with E-state index in [4.69, 9.17) is 14.2 Å². The van der Waals surface area contributed by atoms with Gasteiger partial charge in [0, 0.05) is 12.2 Å². The van der Waals surface area contributed by atoms with Crippen molar-refractivity contribution in [1.29, 1.82) is 0 Å². The number of rotatable bonds is 0. The summed E-state index contributed by atoms with van der Waals surface area (Å²) in [6.45, 7) is 4.26. The maximum Gasteiger partial charge on any atom is 0.331 e. The standard InChI is InChI=1S/C16H20O8/c1-9-8-16(21)24-11(3)13(18)5-7-15(20)23-10(2)12(17)4-6-14(19)22-9/h4-7,9-12,17H,8H2,1-3H3. The number of carbonyl (C=O) groups is 4. The second-order valence-corrected chi connectivity index (χ2v) is 5.31. The highest BCUT2D eigenvalue weighted by Gasteiger charge is 2.21. The highest BCUT2D eigenvalue weighted by Crippen LogP contribution is 2.07. The maximum atomic E-state index is 11.8. The summed E-state index contributed by atoms with van der Waals surface area (Å²) in [5, 5.41) is 9.79. The van der Waals surface area contributed by atoms with Crippen molar-refractivity contribution in [2.24, 2.45) is 0 Å². The molecule has 4 atom stereocenters. The van der Waals surface area contributed by atoms with Crippen LogP contribution in [0.1, 0.15) is 27.2 Å². The van der Waals surface area contributed by atoms with Crippen molar-refractivity contribution in [2.45, 2.75) is 51.6 Å². The highest BCUT2D eigenvalue weighted by atomic mass is 16.6. The van der Waals surface area contributed by atoms with Crippen LogP contribution in [0.3, 0.4) is 0 Å². The number of aliphatic hydroxyl groups is 1. The third-order valence-corrected chi connectivity index (χ3v) is 3.08. The van der Waals surface area contributed by atoms with Crippen molar-refractivity contribution in [3.05, 3.63) is 24.3 Å². The van der Waals surface area contributed by atoms with Crippen LogP contribution < -0.4 is 0 Å². The van der Waals surface area contributed by atoms with Gasteiger partial charge in [0.2, 0.25) is 0 Å². The van der Waals surface area contributed by atoms with Gasteiger partial charge >= 0.3 is 17.9 Å². The summed E-state index contributed by atoms with van der Waals surface area (Å²) in [6.07, 6.45) is -0.388. The third kappa shape index (κ3) is 6.74. The van der Waals surface area contributed by atoms with Crippen molar-refractivity contribution in [3.63, 3.8) is 0 Å². The zero-order valence-corrected chi connectivity index (χ0v) is 13.6. The van der Waals surface area contributed by atoms with E-state index in [-0.39, 0.29) is 6.42 Å². The normalized spacial score (nSPS) is 30.5. The van der Waals surface area contributed by atoms with E-state index in [1.807, 2.05) is 0 Å². The minimum Gasteiger partial charge on any atom is -0.459 e. The summed E-state index contributed by atoms with van der Waals surface area (Å²) in [7, 11) is 0. The van der Waals surface area contributed by atoms with Crippen LogP contribution in [0.15, 0.2) is 24.3 Å². The molecule has 0 saturated carbocycles. The molecule has 1 heterocycles. The molecule has 0 amide bonds. The smallest absolute Gasteiger partial charge is 0.331 e. The summed E-state index contributed by atoms with van der Waals surface area (Å²) >= 11 is 0. The molecule has 0 aromatic carbocycles. The molecule has 132 valence electrons. The van der Waals surface area contributed by atoms with E-state index in [0.717, 1.165) is 24.3 Å². The lowest BCUT2D eigenvalue weighted by Gasteiger charge is -2.17. The van der Waals surface area contributed by atoms with E-state index < -0.39 is 48.1 Å². The first-order chi connectivity index (χ1) is 11.2. The summed E-state index contributed by atoms with van der Waals surface area (Å²) in [6, 6.07) is 0. The molecule has 1 aliphatic rings. The predicted octanol–water partition coefficient (Wildman–Crippen LogP) is 0.228. The van der Waals surface area contributed by atoms with Gasteiger partial charge < -0.3 is 19.3 Å². The van der Waals surface area contributed by atoms with E-state index in [2.05, 4.69) is 0 Å². The van der Waals surface area contributed by atoms with Gasteiger partial charge in [0.25, 0.3) is 0 Å². The van der Waals surface area contributed by atoms with Crippen LogP contribution in [0.5, 0.6) is 0 Å². The lowest BCUT2D eigenvalue weighted by molar-refractivity contribution is -0.157. The largest absolute Gasteiger partial charge is 0.459 e. The Labute approximate surface area is 139 Å². The van der Waals surface area contributed by atoms with Crippen molar-refractivity contribution in [1.82, 2.24) is 0 Å². The van der Waals surface area contributed by atoms with Gasteiger partial charge in [0.15, 0.2) is 11.9 Å². The Morgan fingerprint density at radius 3 is 2.21 bits per heavy atom. The SMILES string of the molecule is CC1CC(=O)OC(C)C(=O)C=CC(=O)OC(C)C(O)C=CC(=O)O1. The van der Waals surface area contributed by atoms with Gasteiger partial charge in [0.05, 0.1) is 6.42 Å². The number of ketones is 1. The third-order valence-electron chi connectivity index (χ3n) is 3.08. The monoisotopic (exact) mass is 340 g/mol. The van der Waals surface area contributed by atoms with E-state index in [1.54, 1.807) is 0 Å². The van der Waals surface area contributed by atoms with Crippen LogP contribution in [-0.2, 0) is 33.4 Å². The fourth-order valence-corrected chi connectivity index (χ4v) is 1.73. The molecule has 1 aliphatic heterocycles. The van der Waals surface area contributed by atoms with Crippen molar-refractivity contribution in [3.8, 4) is 0 Å². The maximum absolute atomic E-state index is 11.8. The number of aliphatic hydroxyl groups excluding tert-OH is 1. The minimum atomic E-state index is -1.24. The number of cyclic esters (lactones) is 3. The molecule has 0 aromatic heterocycles. The molecule has 0 aliphatic carbocycles. The quantitative estimate of drug-likeness (QED) is 0.492. The summed E-state index contributed by atoms with van der Waals surface area (Å²) in [5.74, 6) is -2.96. The van der Waals surface area contributed by atoms with Gasteiger partial charge in [-0.15, -0.1) is 0 Å². The molecule has 0 spiro atoms. The molecule has 0 fully saturated rings. The number of ether oxygens (including phenoxy) is 3. The van der Waals surface area contributed by atoms with Gasteiger partial charge in [-0.1, -0.05) is 0 Å². The molecule has 0 bridgehead atoms. The molecule has 8 heteroatoms. The molecule has 0 saturated heterocycles. The summed E-state index contributed by atoms with van der Waals surface area (Å²) in [4.78, 5) is 46.6. The van der Waals surface area contributed by atoms with E-state index in [1.165, 1.54) is 20.8 Å². The Kier molecular flexibility index (Phi) is 7.31. The first kappa shape index (κ1) is 19.6. The summed E-state index contributed by atoms with van der Waals surface area (Å²) in [5.41, 5.74) is 0. The molecule has 0 radical (unpaired) electrons. The molecule has 0 aromatic rings. The van der Waals surface area contributed by atoms with Crippen LogP contribution >= 0.6 is 0 Å². The molecule has 4 unspecified atom stereocenters.